The highest BCUT2D eigenvalue weighted by Gasteiger charge is 2.15. The van der Waals surface area contributed by atoms with Crippen LogP contribution >= 0.6 is 0 Å². The van der Waals surface area contributed by atoms with Crippen LogP contribution in [0.4, 0.5) is 17.1 Å². The van der Waals surface area contributed by atoms with Crippen LogP contribution in [0.1, 0.15) is 10.4 Å². The van der Waals surface area contributed by atoms with E-state index in [4.69, 9.17) is 0 Å². The molecule has 0 bridgehead atoms. The number of carbonyl (C=O) groups excluding carboxylic acids is 1. The number of carbonyl (C=O) groups is 1. The summed E-state index contributed by atoms with van der Waals surface area (Å²) in [7, 11) is 3.60. The zero-order chi connectivity index (χ0) is 18.1. The summed E-state index contributed by atoms with van der Waals surface area (Å²) < 4.78 is 0. The highest BCUT2D eigenvalue weighted by Crippen LogP contribution is 2.29. The van der Waals surface area contributed by atoms with E-state index in [2.05, 4.69) is 15.3 Å². The summed E-state index contributed by atoms with van der Waals surface area (Å²) in [6, 6.07) is 8.84. The van der Waals surface area contributed by atoms with Gasteiger partial charge in [-0.05, 0) is 18.2 Å². The number of benzene rings is 2. The van der Waals surface area contributed by atoms with Gasteiger partial charge in [0, 0.05) is 31.8 Å². The molecule has 3 N–H and O–H groups in total. The van der Waals surface area contributed by atoms with Crippen molar-refractivity contribution in [1.82, 2.24) is 9.97 Å². The van der Waals surface area contributed by atoms with Gasteiger partial charge < -0.3 is 20.2 Å². The fraction of sp³-hybridized carbons (Fsp3) is 0.125. The number of hydrogen-bond donors (Lipinski definition) is 3. The Morgan fingerprint density at radius 2 is 1.84 bits per heavy atom. The first kappa shape index (κ1) is 16.2. The van der Waals surface area contributed by atoms with Crippen molar-refractivity contribution in [3.05, 3.63) is 62.6 Å². The first-order valence-corrected chi connectivity index (χ1v) is 7.34. The second kappa shape index (κ2) is 6.11. The third-order valence-electron chi connectivity index (χ3n) is 3.68. The van der Waals surface area contributed by atoms with Crippen LogP contribution in [0.15, 0.2) is 41.2 Å². The molecule has 3 aromatic rings. The molecule has 1 amide bonds. The van der Waals surface area contributed by atoms with Crippen molar-refractivity contribution in [2.24, 2.45) is 0 Å². The van der Waals surface area contributed by atoms with E-state index >= 15 is 0 Å². The maximum atomic E-state index is 12.5. The molecule has 0 saturated carbocycles. The standard InChI is InChI=1S/C16H15N5O4/c1-20(2)14-8-12-11(18-16(23)19-12)7-13(14)17-15(22)9-4-3-5-10(6-9)21(24)25/h3-8H,1-2H3,(H,17,22)(H2,18,19,23). The molecule has 128 valence electrons. The third kappa shape index (κ3) is 3.20. The fourth-order valence-electron chi connectivity index (χ4n) is 2.50. The molecule has 9 nitrogen and oxygen atoms in total. The van der Waals surface area contributed by atoms with Gasteiger partial charge >= 0.3 is 5.69 Å². The van der Waals surface area contributed by atoms with Crippen LogP contribution in [0.5, 0.6) is 0 Å². The topological polar surface area (TPSA) is 124 Å². The molecule has 0 fully saturated rings. The van der Waals surface area contributed by atoms with Gasteiger partial charge in [-0.3, -0.25) is 14.9 Å². The molecule has 9 heteroatoms. The minimum absolute atomic E-state index is 0.161. The number of fused-ring (bicyclic) bond motifs is 1. The minimum Gasteiger partial charge on any atom is -0.376 e. The number of H-pyrrole nitrogens is 2. The largest absolute Gasteiger partial charge is 0.376 e. The summed E-state index contributed by atoms with van der Waals surface area (Å²) in [5.74, 6) is -0.482. The quantitative estimate of drug-likeness (QED) is 0.495. The summed E-state index contributed by atoms with van der Waals surface area (Å²) in [6.45, 7) is 0. The van der Waals surface area contributed by atoms with E-state index in [1.54, 1.807) is 31.1 Å². The normalized spacial score (nSPS) is 10.6. The molecule has 1 aromatic heterocycles. The van der Waals surface area contributed by atoms with E-state index < -0.39 is 10.8 Å². The lowest BCUT2D eigenvalue weighted by Gasteiger charge is -2.18. The van der Waals surface area contributed by atoms with E-state index in [1.807, 2.05) is 0 Å². The number of anilines is 2. The number of nitrogens with one attached hydrogen (secondary N) is 3. The molecule has 25 heavy (non-hydrogen) atoms. The number of nitro benzene ring substituents is 1. The first-order chi connectivity index (χ1) is 11.8. The van der Waals surface area contributed by atoms with E-state index in [9.17, 15) is 19.7 Å². The minimum atomic E-state index is -0.557. The van der Waals surface area contributed by atoms with Crippen LogP contribution in [0, 0.1) is 10.1 Å². The Labute approximate surface area is 141 Å². The molecule has 1 heterocycles. The second-order valence-corrected chi connectivity index (χ2v) is 5.65. The first-order valence-electron chi connectivity index (χ1n) is 7.34. The van der Waals surface area contributed by atoms with Gasteiger partial charge in [0.2, 0.25) is 0 Å². The van der Waals surface area contributed by atoms with E-state index in [-0.39, 0.29) is 16.9 Å². The zero-order valence-corrected chi connectivity index (χ0v) is 13.5. The summed E-state index contributed by atoms with van der Waals surface area (Å²) >= 11 is 0. The van der Waals surface area contributed by atoms with Crippen LogP contribution in [0.25, 0.3) is 11.0 Å². The summed E-state index contributed by atoms with van der Waals surface area (Å²) in [5.41, 5.74) is 1.98. The molecule has 0 aliphatic heterocycles. The van der Waals surface area contributed by atoms with E-state index in [0.29, 0.717) is 22.4 Å². The highest BCUT2D eigenvalue weighted by atomic mass is 16.6. The summed E-state index contributed by atoms with van der Waals surface area (Å²) in [6.07, 6.45) is 0. The number of imidazole rings is 1. The molecule has 0 atom stereocenters. The fourth-order valence-corrected chi connectivity index (χ4v) is 2.50. The molecular weight excluding hydrogens is 326 g/mol. The third-order valence-corrected chi connectivity index (χ3v) is 3.68. The van der Waals surface area contributed by atoms with Crippen molar-refractivity contribution in [2.45, 2.75) is 0 Å². The van der Waals surface area contributed by atoms with Gasteiger partial charge in [0.15, 0.2) is 0 Å². The molecule has 0 radical (unpaired) electrons. The lowest BCUT2D eigenvalue weighted by atomic mass is 10.1. The lowest BCUT2D eigenvalue weighted by Crippen LogP contribution is -2.17. The molecule has 2 aromatic carbocycles. The van der Waals surface area contributed by atoms with E-state index in [0.717, 1.165) is 0 Å². The summed E-state index contributed by atoms with van der Waals surface area (Å²) in [4.78, 5) is 41.3. The van der Waals surface area contributed by atoms with Gasteiger partial charge in [-0.25, -0.2) is 4.79 Å². The van der Waals surface area contributed by atoms with Crippen molar-refractivity contribution < 1.29 is 9.72 Å². The molecule has 0 spiro atoms. The molecule has 0 aliphatic carbocycles. The number of non-ortho nitro benzene ring substituents is 1. The maximum Gasteiger partial charge on any atom is 0.323 e. The van der Waals surface area contributed by atoms with Crippen molar-refractivity contribution >= 4 is 34.0 Å². The predicted octanol–water partition coefficient (Wildman–Crippen LogP) is 2.08. The Bertz CT molecular complexity index is 1030. The lowest BCUT2D eigenvalue weighted by molar-refractivity contribution is -0.384. The maximum absolute atomic E-state index is 12.5. The molecule has 0 saturated heterocycles. The average Bonchev–Trinajstić information content (AvgIpc) is 2.93. The molecule has 0 aliphatic rings. The van der Waals surface area contributed by atoms with Gasteiger partial charge in [-0.1, -0.05) is 6.07 Å². The van der Waals surface area contributed by atoms with Gasteiger partial charge in [-0.15, -0.1) is 0 Å². The number of aromatic amines is 2. The molecule has 0 unspecified atom stereocenters. The Kier molecular flexibility index (Phi) is 3.97. The highest BCUT2D eigenvalue weighted by molar-refractivity contribution is 6.07. The zero-order valence-electron chi connectivity index (χ0n) is 13.5. The van der Waals surface area contributed by atoms with Gasteiger partial charge in [0.05, 0.1) is 27.3 Å². The SMILES string of the molecule is CN(C)c1cc2[nH]c(=O)[nH]c2cc1NC(=O)c1cccc([N+](=O)[O-])c1. The monoisotopic (exact) mass is 341 g/mol. The number of nitro groups is 1. The molecule has 3 rings (SSSR count). The average molecular weight is 341 g/mol. The van der Waals surface area contributed by atoms with Crippen LogP contribution in [-0.4, -0.2) is 34.9 Å². The van der Waals surface area contributed by atoms with Crippen LogP contribution in [0.2, 0.25) is 0 Å². The van der Waals surface area contributed by atoms with Gasteiger partial charge in [-0.2, -0.15) is 0 Å². The second-order valence-electron chi connectivity index (χ2n) is 5.65. The number of amides is 1. The Morgan fingerprint density at radius 1 is 1.16 bits per heavy atom. The van der Waals surface area contributed by atoms with Crippen molar-refractivity contribution in [3.63, 3.8) is 0 Å². The van der Waals surface area contributed by atoms with Gasteiger partial charge in [0.1, 0.15) is 0 Å². The van der Waals surface area contributed by atoms with Crippen molar-refractivity contribution in [2.75, 3.05) is 24.3 Å². The van der Waals surface area contributed by atoms with Crippen LogP contribution in [0.3, 0.4) is 0 Å². The Balaban J connectivity index is 2.00. The smallest absolute Gasteiger partial charge is 0.323 e. The van der Waals surface area contributed by atoms with Gasteiger partial charge in [0.25, 0.3) is 11.6 Å². The number of aromatic nitrogens is 2. The Hall–Kier alpha value is -3.62. The van der Waals surface area contributed by atoms with Crippen molar-refractivity contribution in [1.29, 1.82) is 0 Å². The van der Waals surface area contributed by atoms with Crippen molar-refractivity contribution in [3.8, 4) is 0 Å². The number of rotatable bonds is 4. The van der Waals surface area contributed by atoms with Crippen LogP contribution < -0.4 is 15.9 Å². The Morgan fingerprint density at radius 3 is 2.48 bits per heavy atom. The predicted molar refractivity (Wildman–Crippen MR) is 94.3 cm³/mol. The number of nitrogens with zero attached hydrogens (tertiary/aromatic N) is 2. The van der Waals surface area contributed by atoms with E-state index in [1.165, 1.54) is 24.3 Å². The number of hydrogen-bond acceptors (Lipinski definition) is 5. The molecular formula is C16H15N5O4. The van der Waals surface area contributed by atoms with Crippen LogP contribution in [-0.2, 0) is 0 Å². The summed E-state index contributed by atoms with van der Waals surface area (Å²) in [5, 5.41) is 13.6.